The average molecular weight is 266 g/mol. The Balaban J connectivity index is 2.19. The number of pyridine rings is 1. The van der Waals surface area contributed by atoms with E-state index >= 15 is 0 Å². The number of hydrogen-bond acceptors (Lipinski definition) is 3. The second-order valence-corrected chi connectivity index (χ2v) is 3.94. The minimum absolute atomic E-state index is 0.00138. The Labute approximate surface area is 108 Å². The lowest BCUT2D eigenvalue weighted by molar-refractivity contribution is 0.102. The standard InChI is InChI=1S/C12H9ClFN3O/c13-11-6-8(3-4-16-11)17-12(18)7-1-2-10(15)9(14)5-7/h1-6H,15H2,(H,16,17,18). The summed E-state index contributed by atoms with van der Waals surface area (Å²) in [5.41, 5.74) is 5.99. The van der Waals surface area contributed by atoms with Gasteiger partial charge in [0.15, 0.2) is 0 Å². The van der Waals surface area contributed by atoms with Gasteiger partial charge < -0.3 is 11.1 Å². The van der Waals surface area contributed by atoms with Crippen molar-refractivity contribution in [3.8, 4) is 0 Å². The fraction of sp³-hybridized carbons (Fsp3) is 0. The Morgan fingerprint density at radius 3 is 2.78 bits per heavy atom. The van der Waals surface area contributed by atoms with Gasteiger partial charge in [0.05, 0.1) is 5.69 Å². The SMILES string of the molecule is Nc1ccc(C(=O)Nc2ccnc(Cl)c2)cc1F. The van der Waals surface area contributed by atoms with E-state index in [1.165, 1.54) is 24.4 Å². The summed E-state index contributed by atoms with van der Waals surface area (Å²) in [6, 6.07) is 6.93. The molecule has 0 aliphatic heterocycles. The van der Waals surface area contributed by atoms with Gasteiger partial charge in [-0.2, -0.15) is 0 Å². The average Bonchev–Trinajstić information content (AvgIpc) is 2.32. The van der Waals surface area contributed by atoms with Gasteiger partial charge in [-0.3, -0.25) is 4.79 Å². The van der Waals surface area contributed by atoms with Gasteiger partial charge in [-0.1, -0.05) is 11.6 Å². The maximum atomic E-state index is 13.2. The molecule has 0 aliphatic rings. The second kappa shape index (κ2) is 5.01. The Kier molecular flexibility index (Phi) is 3.43. The van der Waals surface area contributed by atoms with E-state index in [9.17, 15) is 9.18 Å². The molecule has 18 heavy (non-hydrogen) atoms. The van der Waals surface area contributed by atoms with Crippen molar-refractivity contribution in [3.05, 3.63) is 53.1 Å². The van der Waals surface area contributed by atoms with Crippen molar-refractivity contribution in [3.63, 3.8) is 0 Å². The maximum Gasteiger partial charge on any atom is 0.255 e. The summed E-state index contributed by atoms with van der Waals surface area (Å²) in [7, 11) is 0. The highest BCUT2D eigenvalue weighted by Gasteiger charge is 2.09. The van der Waals surface area contributed by atoms with Crippen LogP contribution >= 0.6 is 11.6 Å². The molecule has 0 saturated carbocycles. The number of nitrogens with two attached hydrogens (primary N) is 1. The van der Waals surface area contributed by atoms with Gasteiger partial charge >= 0.3 is 0 Å². The number of benzene rings is 1. The van der Waals surface area contributed by atoms with E-state index in [1.54, 1.807) is 6.07 Å². The number of carbonyl (C=O) groups excluding carboxylic acids is 1. The molecule has 0 radical (unpaired) electrons. The summed E-state index contributed by atoms with van der Waals surface area (Å²) in [6.45, 7) is 0. The predicted octanol–water partition coefficient (Wildman–Crippen LogP) is 2.71. The third kappa shape index (κ3) is 2.75. The zero-order valence-corrected chi connectivity index (χ0v) is 9.91. The van der Waals surface area contributed by atoms with Crippen LogP contribution in [0.5, 0.6) is 0 Å². The molecule has 0 spiro atoms. The lowest BCUT2D eigenvalue weighted by Crippen LogP contribution is -2.12. The minimum atomic E-state index is -0.629. The number of nitrogen functional groups attached to an aromatic ring is 1. The molecular weight excluding hydrogens is 257 g/mol. The Hall–Kier alpha value is -2.14. The van der Waals surface area contributed by atoms with E-state index in [-0.39, 0.29) is 16.4 Å². The highest BCUT2D eigenvalue weighted by atomic mass is 35.5. The number of halogens is 2. The normalized spacial score (nSPS) is 10.1. The highest BCUT2D eigenvalue weighted by molar-refractivity contribution is 6.29. The molecule has 2 aromatic rings. The fourth-order valence-corrected chi connectivity index (χ4v) is 1.53. The summed E-state index contributed by atoms with van der Waals surface area (Å²) in [4.78, 5) is 15.6. The van der Waals surface area contributed by atoms with E-state index in [0.717, 1.165) is 6.07 Å². The first-order valence-corrected chi connectivity index (χ1v) is 5.42. The summed E-state index contributed by atoms with van der Waals surface area (Å²) in [6.07, 6.45) is 1.46. The van der Waals surface area contributed by atoms with Crippen molar-refractivity contribution in [1.29, 1.82) is 0 Å². The Morgan fingerprint density at radius 1 is 1.33 bits per heavy atom. The van der Waals surface area contributed by atoms with E-state index in [0.29, 0.717) is 5.69 Å². The quantitative estimate of drug-likeness (QED) is 0.648. The Morgan fingerprint density at radius 2 is 2.11 bits per heavy atom. The molecule has 92 valence electrons. The first-order valence-electron chi connectivity index (χ1n) is 5.04. The van der Waals surface area contributed by atoms with Crippen LogP contribution in [-0.2, 0) is 0 Å². The van der Waals surface area contributed by atoms with Crippen LogP contribution in [0.2, 0.25) is 5.15 Å². The highest BCUT2D eigenvalue weighted by Crippen LogP contribution is 2.15. The molecule has 0 fully saturated rings. The first-order chi connectivity index (χ1) is 8.56. The van der Waals surface area contributed by atoms with Crippen molar-refractivity contribution < 1.29 is 9.18 Å². The zero-order chi connectivity index (χ0) is 13.1. The van der Waals surface area contributed by atoms with Gasteiger partial charge in [-0.15, -0.1) is 0 Å². The number of rotatable bonds is 2. The van der Waals surface area contributed by atoms with Crippen LogP contribution in [0.1, 0.15) is 10.4 Å². The maximum absolute atomic E-state index is 13.2. The van der Waals surface area contributed by atoms with Crippen molar-refractivity contribution in [2.24, 2.45) is 0 Å². The summed E-state index contributed by atoms with van der Waals surface area (Å²) >= 11 is 5.68. The molecule has 0 atom stereocenters. The monoisotopic (exact) mass is 265 g/mol. The smallest absolute Gasteiger partial charge is 0.255 e. The van der Waals surface area contributed by atoms with Crippen LogP contribution < -0.4 is 11.1 Å². The minimum Gasteiger partial charge on any atom is -0.396 e. The van der Waals surface area contributed by atoms with Crippen LogP contribution in [-0.4, -0.2) is 10.9 Å². The third-order valence-electron chi connectivity index (χ3n) is 2.25. The molecule has 0 aliphatic carbocycles. The second-order valence-electron chi connectivity index (χ2n) is 3.56. The van der Waals surface area contributed by atoms with E-state index < -0.39 is 11.7 Å². The van der Waals surface area contributed by atoms with Gasteiger partial charge in [0.1, 0.15) is 11.0 Å². The van der Waals surface area contributed by atoms with Crippen LogP contribution in [0.3, 0.4) is 0 Å². The molecule has 0 bridgehead atoms. The number of carbonyl (C=O) groups is 1. The topological polar surface area (TPSA) is 68.0 Å². The summed E-state index contributed by atoms with van der Waals surface area (Å²) < 4.78 is 13.2. The molecule has 1 heterocycles. The number of amides is 1. The number of anilines is 2. The summed E-state index contributed by atoms with van der Waals surface area (Å²) in [5.74, 6) is -1.08. The number of hydrogen-bond donors (Lipinski definition) is 2. The predicted molar refractivity (Wildman–Crippen MR) is 68.0 cm³/mol. The van der Waals surface area contributed by atoms with E-state index in [1.807, 2.05) is 0 Å². The van der Waals surface area contributed by atoms with Crippen LogP contribution in [0.4, 0.5) is 15.8 Å². The van der Waals surface area contributed by atoms with Gasteiger partial charge in [-0.05, 0) is 30.3 Å². The van der Waals surface area contributed by atoms with Crippen LogP contribution in [0.15, 0.2) is 36.5 Å². The fourth-order valence-electron chi connectivity index (χ4n) is 1.35. The van der Waals surface area contributed by atoms with Crippen molar-refractivity contribution in [2.45, 2.75) is 0 Å². The number of aromatic nitrogens is 1. The Bertz CT molecular complexity index is 604. The van der Waals surface area contributed by atoms with Gasteiger partial charge in [0, 0.05) is 17.4 Å². The molecule has 0 saturated heterocycles. The third-order valence-corrected chi connectivity index (χ3v) is 2.45. The van der Waals surface area contributed by atoms with Crippen molar-refractivity contribution >= 4 is 28.9 Å². The molecule has 0 unspecified atom stereocenters. The van der Waals surface area contributed by atoms with E-state index in [2.05, 4.69) is 10.3 Å². The molecule has 1 amide bonds. The molecule has 6 heteroatoms. The van der Waals surface area contributed by atoms with Crippen molar-refractivity contribution in [2.75, 3.05) is 11.1 Å². The van der Waals surface area contributed by atoms with Gasteiger partial charge in [0.2, 0.25) is 0 Å². The molecule has 1 aromatic heterocycles. The van der Waals surface area contributed by atoms with Gasteiger partial charge in [0.25, 0.3) is 5.91 Å². The molecular formula is C12H9ClFN3O. The molecule has 3 N–H and O–H groups in total. The lowest BCUT2D eigenvalue weighted by atomic mass is 10.2. The molecule has 4 nitrogen and oxygen atoms in total. The van der Waals surface area contributed by atoms with Gasteiger partial charge in [-0.25, -0.2) is 9.37 Å². The van der Waals surface area contributed by atoms with Crippen LogP contribution in [0.25, 0.3) is 0 Å². The number of nitrogens with zero attached hydrogens (tertiary/aromatic N) is 1. The molecule has 2 rings (SSSR count). The van der Waals surface area contributed by atoms with E-state index in [4.69, 9.17) is 17.3 Å². The summed E-state index contributed by atoms with van der Waals surface area (Å²) in [5, 5.41) is 2.84. The largest absolute Gasteiger partial charge is 0.396 e. The number of nitrogens with one attached hydrogen (secondary N) is 1. The molecule has 1 aromatic carbocycles. The van der Waals surface area contributed by atoms with Crippen molar-refractivity contribution in [1.82, 2.24) is 4.98 Å². The van der Waals surface area contributed by atoms with Crippen LogP contribution in [0, 0.1) is 5.82 Å². The zero-order valence-electron chi connectivity index (χ0n) is 9.15. The first kappa shape index (κ1) is 12.3. The lowest BCUT2D eigenvalue weighted by Gasteiger charge is -2.06.